The number of hydrogen-bond acceptors (Lipinski definition) is 3. The highest BCUT2D eigenvalue weighted by molar-refractivity contribution is 7.78. The average Bonchev–Trinajstić information content (AvgIpc) is 2.75. The van der Waals surface area contributed by atoms with E-state index >= 15 is 0 Å². The Bertz CT molecular complexity index is 287. The molecule has 0 radical (unpaired) electrons. The molecule has 0 N–H and O–H groups in total. The van der Waals surface area contributed by atoms with E-state index in [0.717, 1.165) is 13.0 Å². The van der Waals surface area contributed by atoms with Gasteiger partial charge in [0, 0.05) is 11.4 Å². The van der Waals surface area contributed by atoms with Crippen molar-refractivity contribution in [3.05, 3.63) is 22.4 Å². The van der Waals surface area contributed by atoms with Gasteiger partial charge < -0.3 is 0 Å². The van der Waals surface area contributed by atoms with Crippen LogP contribution in [0, 0.1) is 0 Å². The lowest BCUT2D eigenvalue weighted by Crippen LogP contribution is -1.84. The lowest BCUT2D eigenvalue weighted by molar-refractivity contribution is 0.621. The SMILES string of the molecule is S=C=NCCCCCCCc1cccs1. The molecule has 0 amide bonds. The van der Waals surface area contributed by atoms with Gasteiger partial charge in [0.05, 0.1) is 5.16 Å². The summed E-state index contributed by atoms with van der Waals surface area (Å²) in [5.41, 5.74) is 0. The summed E-state index contributed by atoms with van der Waals surface area (Å²) in [6, 6.07) is 4.35. The Labute approximate surface area is 101 Å². The molecule has 0 saturated carbocycles. The fraction of sp³-hybridized carbons (Fsp3) is 0.583. The van der Waals surface area contributed by atoms with Gasteiger partial charge in [-0.1, -0.05) is 25.3 Å². The zero-order chi connectivity index (χ0) is 10.8. The number of thiocarbonyl (C=S) groups is 1. The van der Waals surface area contributed by atoms with E-state index in [2.05, 4.69) is 39.9 Å². The van der Waals surface area contributed by atoms with E-state index < -0.39 is 0 Å². The second kappa shape index (κ2) is 8.78. The van der Waals surface area contributed by atoms with E-state index in [1.165, 1.54) is 37.0 Å². The number of rotatable bonds is 8. The zero-order valence-corrected chi connectivity index (χ0v) is 10.6. The topological polar surface area (TPSA) is 12.4 Å². The second-order valence-corrected chi connectivity index (χ2v) is 4.78. The van der Waals surface area contributed by atoms with Crippen LogP contribution >= 0.6 is 23.6 Å². The molecule has 0 aliphatic carbocycles. The quantitative estimate of drug-likeness (QED) is 0.373. The molecule has 0 aromatic carbocycles. The van der Waals surface area contributed by atoms with Crippen molar-refractivity contribution < 1.29 is 0 Å². The van der Waals surface area contributed by atoms with Gasteiger partial charge >= 0.3 is 0 Å². The summed E-state index contributed by atoms with van der Waals surface area (Å²) in [5, 5.41) is 4.55. The van der Waals surface area contributed by atoms with E-state index in [1.807, 2.05) is 11.3 Å². The molecule has 1 aromatic rings. The molecule has 0 aliphatic rings. The first kappa shape index (κ1) is 12.6. The van der Waals surface area contributed by atoms with E-state index in [0.29, 0.717) is 0 Å². The standard InChI is InChI=1S/C12H17NS2/c14-11-13-9-5-3-1-2-4-7-12-8-6-10-15-12/h6,8,10H,1-5,7,9H2. The van der Waals surface area contributed by atoms with Crippen molar-refractivity contribution in [1.82, 2.24) is 0 Å². The molecule has 1 rings (SSSR count). The van der Waals surface area contributed by atoms with Crippen molar-refractivity contribution in [3.8, 4) is 0 Å². The first-order chi connectivity index (χ1) is 7.43. The number of hydrogen-bond donors (Lipinski definition) is 0. The maximum Gasteiger partial charge on any atom is 0.0584 e. The first-order valence-corrected chi connectivity index (χ1v) is 6.78. The summed E-state index contributed by atoms with van der Waals surface area (Å²) in [5.74, 6) is 0. The van der Waals surface area contributed by atoms with Crippen molar-refractivity contribution in [2.75, 3.05) is 6.54 Å². The van der Waals surface area contributed by atoms with Crippen LogP contribution in [-0.2, 0) is 6.42 Å². The molecule has 0 aliphatic heterocycles. The van der Waals surface area contributed by atoms with Crippen molar-refractivity contribution in [2.45, 2.75) is 38.5 Å². The van der Waals surface area contributed by atoms with Crippen LogP contribution in [0.15, 0.2) is 22.5 Å². The average molecular weight is 239 g/mol. The number of unbranched alkanes of at least 4 members (excludes halogenated alkanes) is 4. The van der Waals surface area contributed by atoms with Gasteiger partial charge in [-0.05, 0) is 42.9 Å². The smallest absolute Gasteiger partial charge is 0.0584 e. The van der Waals surface area contributed by atoms with Crippen LogP contribution in [0.1, 0.15) is 37.0 Å². The molecule has 0 unspecified atom stereocenters. The van der Waals surface area contributed by atoms with Crippen LogP contribution in [0.5, 0.6) is 0 Å². The number of nitrogens with zero attached hydrogens (tertiary/aromatic N) is 1. The van der Waals surface area contributed by atoms with Crippen molar-refractivity contribution in [3.63, 3.8) is 0 Å². The zero-order valence-electron chi connectivity index (χ0n) is 8.95. The monoisotopic (exact) mass is 239 g/mol. The maximum atomic E-state index is 4.50. The molecule has 82 valence electrons. The molecule has 15 heavy (non-hydrogen) atoms. The number of isothiocyanates is 1. The normalized spacial score (nSPS) is 9.87. The fourth-order valence-corrected chi connectivity index (χ4v) is 2.36. The lowest BCUT2D eigenvalue weighted by atomic mass is 10.1. The van der Waals surface area contributed by atoms with Crippen LogP contribution in [0.2, 0.25) is 0 Å². The Balaban J connectivity index is 1.87. The highest BCUT2D eigenvalue weighted by Gasteiger charge is 1.94. The third-order valence-electron chi connectivity index (χ3n) is 2.34. The molecular weight excluding hydrogens is 222 g/mol. The Morgan fingerprint density at radius 2 is 2.00 bits per heavy atom. The van der Waals surface area contributed by atoms with Gasteiger partial charge in [0.15, 0.2) is 0 Å². The van der Waals surface area contributed by atoms with Crippen LogP contribution < -0.4 is 0 Å². The summed E-state index contributed by atoms with van der Waals surface area (Å²) in [6.45, 7) is 0.856. The first-order valence-electron chi connectivity index (χ1n) is 5.49. The predicted molar refractivity (Wildman–Crippen MR) is 71.0 cm³/mol. The van der Waals surface area contributed by atoms with Crippen LogP contribution in [-0.4, -0.2) is 11.7 Å². The van der Waals surface area contributed by atoms with Gasteiger partial charge in [0.2, 0.25) is 0 Å². The summed E-state index contributed by atoms with van der Waals surface area (Å²) >= 11 is 6.36. The molecule has 1 heterocycles. The van der Waals surface area contributed by atoms with Gasteiger partial charge in [0.25, 0.3) is 0 Å². The molecule has 3 heteroatoms. The Morgan fingerprint density at radius 1 is 1.20 bits per heavy atom. The molecule has 0 atom stereocenters. The van der Waals surface area contributed by atoms with Crippen LogP contribution in [0.3, 0.4) is 0 Å². The Hall–Kier alpha value is -0.500. The van der Waals surface area contributed by atoms with E-state index in [-0.39, 0.29) is 0 Å². The van der Waals surface area contributed by atoms with Crippen molar-refractivity contribution >= 4 is 28.7 Å². The minimum atomic E-state index is 0.856. The van der Waals surface area contributed by atoms with Crippen LogP contribution in [0.25, 0.3) is 0 Å². The van der Waals surface area contributed by atoms with E-state index in [1.54, 1.807) is 0 Å². The minimum absolute atomic E-state index is 0.856. The molecule has 0 fully saturated rings. The third kappa shape index (κ3) is 6.56. The predicted octanol–water partition coefficient (Wildman–Crippen LogP) is 4.34. The molecular formula is C12H17NS2. The molecule has 0 bridgehead atoms. The Kier molecular flexibility index (Phi) is 7.36. The number of aryl methyl sites for hydroxylation is 1. The van der Waals surface area contributed by atoms with Gasteiger partial charge in [-0.2, -0.15) is 0 Å². The van der Waals surface area contributed by atoms with Crippen molar-refractivity contribution in [2.24, 2.45) is 4.99 Å². The van der Waals surface area contributed by atoms with E-state index in [4.69, 9.17) is 0 Å². The lowest BCUT2D eigenvalue weighted by Gasteiger charge is -1.98. The molecule has 1 nitrogen and oxygen atoms in total. The number of aliphatic imine (C=N–C) groups is 1. The van der Waals surface area contributed by atoms with Gasteiger partial charge in [-0.15, -0.1) is 11.3 Å². The molecule has 1 aromatic heterocycles. The van der Waals surface area contributed by atoms with Crippen molar-refractivity contribution in [1.29, 1.82) is 0 Å². The summed E-state index contributed by atoms with van der Waals surface area (Å²) in [4.78, 5) is 5.41. The van der Waals surface area contributed by atoms with Crippen LogP contribution in [0.4, 0.5) is 0 Å². The summed E-state index contributed by atoms with van der Waals surface area (Å²) in [7, 11) is 0. The highest BCUT2D eigenvalue weighted by atomic mass is 32.1. The second-order valence-electron chi connectivity index (χ2n) is 3.57. The minimum Gasteiger partial charge on any atom is -0.233 e. The Morgan fingerprint density at radius 3 is 2.73 bits per heavy atom. The molecule has 0 saturated heterocycles. The number of thiophene rings is 1. The highest BCUT2D eigenvalue weighted by Crippen LogP contribution is 2.13. The third-order valence-corrected chi connectivity index (χ3v) is 3.40. The molecule has 0 spiro atoms. The van der Waals surface area contributed by atoms with E-state index in [9.17, 15) is 0 Å². The summed E-state index contributed by atoms with van der Waals surface area (Å²) < 4.78 is 0. The van der Waals surface area contributed by atoms with Gasteiger partial charge in [-0.25, -0.2) is 4.99 Å². The summed E-state index contributed by atoms with van der Waals surface area (Å²) in [6.07, 6.45) is 7.64. The fourth-order valence-electron chi connectivity index (χ4n) is 1.52. The maximum absolute atomic E-state index is 4.50. The van der Waals surface area contributed by atoms with Gasteiger partial charge in [0.1, 0.15) is 0 Å². The largest absolute Gasteiger partial charge is 0.233 e. The van der Waals surface area contributed by atoms with Gasteiger partial charge in [-0.3, -0.25) is 0 Å².